The lowest BCUT2D eigenvalue weighted by Crippen LogP contribution is -2.13. The van der Waals surface area contributed by atoms with Crippen molar-refractivity contribution in [1.82, 2.24) is 4.57 Å². The van der Waals surface area contributed by atoms with E-state index in [1.807, 2.05) is 0 Å². The van der Waals surface area contributed by atoms with Gasteiger partial charge in [0.1, 0.15) is 17.3 Å². The van der Waals surface area contributed by atoms with Crippen molar-refractivity contribution in [2.75, 3.05) is 6.61 Å². The topological polar surface area (TPSA) is 31.2 Å². The number of ether oxygens (including phenoxy) is 1. The first-order valence-electron chi connectivity index (χ1n) is 5.99. The number of hydrogen-bond donors (Lipinski definition) is 0. The molecule has 1 heterocycles. The van der Waals surface area contributed by atoms with Crippen molar-refractivity contribution in [2.24, 2.45) is 0 Å². The van der Waals surface area contributed by atoms with Gasteiger partial charge in [-0.15, -0.1) is 0 Å². The van der Waals surface area contributed by atoms with Gasteiger partial charge in [-0.1, -0.05) is 0 Å². The quantitative estimate of drug-likeness (QED) is 0.625. The van der Waals surface area contributed by atoms with Crippen molar-refractivity contribution in [3.63, 3.8) is 0 Å². The van der Waals surface area contributed by atoms with E-state index in [-0.39, 0.29) is 28.9 Å². The van der Waals surface area contributed by atoms with Gasteiger partial charge >= 0.3 is 5.97 Å². The van der Waals surface area contributed by atoms with E-state index in [1.54, 1.807) is 25.3 Å². The van der Waals surface area contributed by atoms with Crippen molar-refractivity contribution >= 4 is 21.9 Å². The minimum Gasteiger partial charge on any atom is -0.461 e. The monoisotopic (exact) mass is 343 g/mol. The normalized spacial score (nSPS) is 10.6. The average molecular weight is 344 g/mol. The highest BCUT2D eigenvalue weighted by Crippen LogP contribution is 2.23. The van der Waals surface area contributed by atoms with Crippen molar-refractivity contribution < 1.29 is 18.3 Å². The molecule has 6 heteroatoms. The van der Waals surface area contributed by atoms with Gasteiger partial charge in [-0.2, -0.15) is 0 Å². The number of carbonyl (C=O) groups excluding carboxylic acids is 1. The van der Waals surface area contributed by atoms with E-state index in [2.05, 4.69) is 15.9 Å². The number of hydrogen-bond acceptors (Lipinski definition) is 2. The Morgan fingerprint density at radius 3 is 2.80 bits per heavy atom. The Morgan fingerprint density at radius 1 is 1.35 bits per heavy atom. The molecule has 0 atom stereocenters. The maximum absolute atomic E-state index is 13.9. The van der Waals surface area contributed by atoms with Crippen LogP contribution in [0.2, 0.25) is 0 Å². The minimum absolute atomic E-state index is 0.0851. The molecule has 0 N–H and O–H groups in total. The summed E-state index contributed by atoms with van der Waals surface area (Å²) in [5.41, 5.74) is 0.145. The second kappa shape index (κ2) is 6.17. The number of rotatable bonds is 4. The maximum Gasteiger partial charge on any atom is 0.354 e. The van der Waals surface area contributed by atoms with Gasteiger partial charge in [0.05, 0.1) is 17.6 Å². The first-order chi connectivity index (χ1) is 9.54. The molecule has 0 saturated carbocycles. The van der Waals surface area contributed by atoms with E-state index in [0.717, 1.165) is 0 Å². The second-order valence-corrected chi connectivity index (χ2v) is 4.92. The van der Waals surface area contributed by atoms with Crippen LogP contribution < -0.4 is 0 Å². The molecule has 0 bridgehead atoms. The molecule has 2 aromatic rings. The third kappa shape index (κ3) is 2.90. The molecular weight excluding hydrogens is 332 g/mol. The minimum atomic E-state index is -0.673. The van der Waals surface area contributed by atoms with Crippen LogP contribution >= 0.6 is 15.9 Å². The summed E-state index contributed by atoms with van der Waals surface area (Å²) in [5.74, 6) is -1.85. The molecule has 0 saturated heterocycles. The van der Waals surface area contributed by atoms with Gasteiger partial charge in [0.15, 0.2) is 0 Å². The van der Waals surface area contributed by atoms with E-state index < -0.39 is 17.6 Å². The predicted molar refractivity (Wildman–Crippen MR) is 73.5 cm³/mol. The molecule has 0 fully saturated rings. The molecule has 3 nitrogen and oxygen atoms in total. The maximum atomic E-state index is 13.9. The van der Waals surface area contributed by atoms with E-state index >= 15 is 0 Å². The zero-order valence-electron chi connectivity index (χ0n) is 10.7. The van der Waals surface area contributed by atoms with Crippen molar-refractivity contribution in [2.45, 2.75) is 13.5 Å². The Balaban J connectivity index is 2.34. The first-order valence-corrected chi connectivity index (χ1v) is 6.78. The fourth-order valence-electron chi connectivity index (χ4n) is 1.83. The van der Waals surface area contributed by atoms with Gasteiger partial charge in [0.25, 0.3) is 0 Å². The lowest BCUT2D eigenvalue weighted by molar-refractivity contribution is 0.0514. The van der Waals surface area contributed by atoms with Crippen LogP contribution in [0.5, 0.6) is 0 Å². The molecule has 0 aliphatic carbocycles. The number of benzene rings is 1. The third-order valence-electron chi connectivity index (χ3n) is 2.78. The SMILES string of the molecule is CCOC(=O)c1cccn1Cc1c(F)ccc(Br)c1F. The number of halogens is 3. The Hall–Kier alpha value is -1.69. The predicted octanol–water partition coefficient (Wildman–Crippen LogP) is 3.75. The van der Waals surface area contributed by atoms with Crippen LogP contribution in [-0.4, -0.2) is 17.1 Å². The van der Waals surface area contributed by atoms with Crippen LogP contribution in [0.3, 0.4) is 0 Å². The van der Waals surface area contributed by atoms with Gasteiger partial charge in [-0.05, 0) is 47.1 Å². The summed E-state index contributed by atoms with van der Waals surface area (Å²) in [6.45, 7) is 1.85. The summed E-state index contributed by atoms with van der Waals surface area (Å²) in [6, 6.07) is 5.65. The van der Waals surface area contributed by atoms with E-state index in [9.17, 15) is 13.6 Å². The van der Waals surface area contributed by atoms with Gasteiger partial charge in [0, 0.05) is 11.8 Å². The van der Waals surface area contributed by atoms with E-state index in [4.69, 9.17) is 4.74 Å². The fourth-order valence-corrected chi connectivity index (χ4v) is 2.20. The molecule has 106 valence electrons. The van der Waals surface area contributed by atoms with Gasteiger partial charge in [-0.25, -0.2) is 13.6 Å². The Morgan fingerprint density at radius 2 is 2.10 bits per heavy atom. The molecule has 2 rings (SSSR count). The van der Waals surface area contributed by atoms with Crippen molar-refractivity contribution in [3.05, 3.63) is 57.8 Å². The summed E-state index contributed by atoms with van der Waals surface area (Å²) in [7, 11) is 0. The average Bonchev–Trinajstić information content (AvgIpc) is 2.88. The Kier molecular flexibility index (Phi) is 4.54. The summed E-state index contributed by atoms with van der Waals surface area (Å²) >= 11 is 3.01. The second-order valence-electron chi connectivity index (χ2n) is 4.06. The van der Waals surface area contributed by atoms with Crippen LogP contribution in [0.1, 0.15) is 23.0 Å². The Labute approximate surface area is 123 Å². The van der Waals surface area contributed by atoms with Gasteiger partial charge < -0.3 is 9.30 Å². The highest BCUT2D eigenvalue weighted by Gasteiger charge is 2.17. The van der Waals surface area contributed by atoms with E-state index in [1.165, 1.54) is 16.7 Å². The number of esters is 1. The molecule has 0 unspecified atom stereocenters. The standard InChI is InChI=1S/C14H12BrF2NO2/c1-2-20-14(19)12-4-3-7-18(12)8-9-11(16)6-5-10(15)13(9)17/h3-7H,2,8H2,1H3. The van der Waals surface area contributed by atoms with Gasteiger partial charge in [-0.3, -0.25) is 0 Å². The lowest BCUT2D eigenvalue weighted by atomic mass is 10.2. The van der Waals surface area contributed by atoms with Crippen LogP contribution in [0, 0.1) is 11.6 Å². The molecule has 1 aromatic carbocycles. The van der Waals surface area contributed by atoms with Crippen molar-refractivity contribution in [3.8, 4) is 0 Å². The molecule has 1 aromatic heterocycles. The highest BCUT2D eigenvalue weighted by molar-refractivity contribution is 9.10. The molecular formula is C14H12BrF2NO2. The largest absolute Gasteiger partial charge is 0.461 e. The van der Waals surface area contributed by atoms with Crippen LogP contribution in [0.25, 0.3) is 0 Å². The number of aromatic nitrogens is 1. The zero-order chi connectivity index (χ0) is 14.7. The first kappa shape index (κ1) is 14.7. The molecule has 0 aliphatic heterocycles. The van der Waals surface area contributed by atoms with E-state index in [0.29, 0.717) is 0 Å². The highest BCUT2D eigenvalue weighted by atomic mass is 79.9. The third-order valence-corrected chi connectivity index (χ3v) is 3.39. The fraction of sp³-hybridized carbons (Fsp3) is 0.214. The zero-order valence-corrected chi connectivity index (χ0v) is 12.3. The lowest BCUT2D eigenvalue weighted by Gasteiger charge is -2.11. The molecule has 20 heavy (non-hydrogen) atoms. The van der Waals surface area contributed by atoms with Crippen LogP contribution in [0.4, 0.5) is 8.78 Å². The van der Waals surface area contributed by atoms with Gasteiger partial charge in [0.2, 0.25) is 0 Å². The van der Waals surface area contributed by atoms with Crippen LogP contribution in [-0.2, 0) is 11.3 Å². The van der Waals surface area contributed by atoms with Crippen LogP contribution in [0.15, 0.2) is 34.9 Å². The summed E-state index contributed by atoms with van der Waals surface area (Å²) in [6.07, 6.45) is 1.58. The Bertz CT molecular complexity index is 640. The smallest absolute Gasteiger partial charge is 0.354 e. The number of carbonyl (C=O) groups is 1. The van der Waals surface area contributed by atoms with Crippen molar-refractivity contribution in [1.29, 1.82) is 0 Å². The summed E-state index contributed by atoms with van der Waals surface area (Å²) in [4.78, 5) is 11.7. The molecule has 0 aliphatic rings. The molecule has 0 amide bonds. The summed E-state index contributed by atoms with van der Waals surface area (Å²) in [5, 5.41) is 0. The summed E-state index contributed by atoms with van der Waals surface area (Å²) < 4.78 is 34.2. The molecule has 0 spiro atoms. The number of nitrogens with zero attached hydrogens (tertiary/aromatic N) is 1. The molecule has 0 radical (unpaired) electrons.